The SMILES string of the molecule is CCn1ccc(CN2CCCCC2CCN2CCCC2=O)n1. The van der Waals surface area contributed by atoms with Gasteiger partial charge in [0.1, 0.15) is 0 Å². The van der Waals surface area contributed by atoms with E-state index >= 15 is 0 Å². The van der Waals surface area contributed by atoms with Gasteiger partial charge in [0.25, 0.3) is 0 Å². The summed E-state index contributed by atoms with van der Waals surface area (Å²) in [6, 6.07) is 2.74. The third-order valence-corrected chi connectivity index (χ3v) is 5.04. The largest absolute Gasteiger partial charge is 0.343 e. The van der Waals surface area contributed by atoms with Crippen LogP contribution in [0.3, 0.4) is 0 Å². The van der Waals surface area contributed by atoms with Crippen molar-refractivity contribution in [2.45, 2.75) is 64.6 Å². The molecule has 1 unspecified atom stereocenters. The zero-order valence-corrected chi connectivity index (χ0v) is 13.7. The quantitative estimate of drug-likeness (QED) is 0.809. The summed E-state index contributed by atoms with van der Waals surface area (Å²) >= 11 is 0. The van der Waals surface area contributed by atoms with Gasteiger partial charge in [-0.3, -0.25) is 14.4 Å². The third kappa shape index (κ3) is 3.69. The number of carbonyl (C=O) groups is 1. The van der Waals surface area contributed by atoms with E-state index in [4.69, 9.17) is 0 Å². The number of aromatic nitrogens is 2. The molecule has 1 atom stereocenters. The standard InChI is InChI=1S/C17H28N4O/c1-2-21-13-8-15(18-21)14-20-10-4-3-6-16(20)9-12-19-11-5-7-17(19)22/h8,13,16H,2-7,9-12,14H2,1H3. The fourth-order valence-electron chi connectivity index (χ4n) is 3.71. The highest BCUT2D eigenvalue weighted by atomic mass is 16.2. The molecule has 2 saturated heterocycles. The minimum Gasteiger partial charge on any atom is -0.343 e. The van der Waals surface area contributed by atoms with Crippen LogP contribution in [0.25, 0.3) is 0 Å². The van der Waals surface area contributed by atoms with E-state index in [2.05, 4.69) is 34.1 Å². The van der Waals surface area contributed by atoms with Crippen LogP contribution in [0.15, 0.2) is 12.3 Å². The third-order valence-electron chi connectivity index (χ3n) is 5.04. The number of hydrogen-bond donors (Lipinski definition) is 0. The molecule has 5 heteroatoms. The van der Waals surface area contributed by atoms with Crippen molar-refractivity contribution >= 4 is 5.91 Å². The highest BCUT2D eigenvalue weighted by molar-refractivity contribution is 5.77. The molecule has 2 aliphatic rings. The van der Waals surface area contributed by atoms with Gasteiger partial charge in [0, 0.05) is 44.8 Å². The number of aryl methyl sites for hydroxylation is 1. The second-order valence-electron chi connectivity index (χ2n) is 6.56. The smallest absolute Gasteiger partial charge is 0.222 e. The zero-order valence-electron chi connectivity index (χ0n) is 13.7. The normalized spacial score (nSPS) is 23.4. The lowest BCUT2D eigenvalue weighted by Gasteiger charge is -2.36. The molecule has 3 heterocycles. The van der Waals surface area contributed by atoms with Gasteiger partial charge in [0.15, 0.2) is 0 Å². The van der Waals surface area contributed by atoms with E-state index in [9.17, 15) is 4.79 Å². The highest BCUT2D eigenvalue weighted by Gasteiger charge is 2.26. The summed E-state index contributed by atoms with van der Waals surface area (Å²) in [5.41, 5.74) is 1.17. The van der Waals surface area contributed by atoms with Gasteiger partial charge in [-0.1, -0.05) is 6.42 Å². The molecule has 0 aromatic carbocycles. The summed E-state index contributed by atoms with van der Waals surface area (Å²) in [7, 11) is 0. The van der Waals surface area contributed by atoms with Crippen LogP contribution in [0, 0.1) is 0 Å². The molecule has 0 N–H and O–H groups in total. The summed E-state index contributed by atoms with van der Waals surface area (Å²) in [5, 5.41) is 4.62. The molecular weight excluding hydrogens is 276 g/mol. The number of hydrogen-bond acceptors (Lipinski definition) is 3. The number of likely N-dealkylation sites (tertiary alicyclic amines) is 2. The van der Waals surface area contributed by atoms with E-state index < -0.39 is 0 Å². The number of amides is 1. The van der Waals surface area contributed by atoms with Crippen LogP contribution in [-0.4, -0.2) is 51.2 Å². The molecule has 22 heavy (non-hydrogen) atoms. The van der Waals surface area contributed by atoms with E-state index in [1.807, 2.05) is 4.68 Å². The van der Waals surface area contributed by atoms with Crippen molar-refractivity contribution in [3.05, 3.63) is 18.0 Å². The van der Waals surface area contributed by atoms with Crippen LogP contribution < -0.4 is 0 Å². The van der Waals surface area contributed by atoms with Crippen LogP contribution in [-0.2, 0) is 17.9 Å². The van der Waals surface area contributed by atoms with E-state index in [1.54, 1.807) is 0 Å². The fourth-order valence-corrected chi connectivity index (χ4v) is 3.71. The Morgan fingerprint density at radius 2 is 2.18 bits per heavy atom. The van der Waals surface area contributed by atoms with Crippen LogP contribution in [0.1, 0.15) is 51.1 Å². The van der Waals surface area contributed by atoms with Gasteiger partial charge in [-0.05, 0) is 45.2 Å². The maximum atomic E-state index is 11.8. The fraction of sp³-hybridized carbons (Fsp3) is 0.765. The van der Waals surface area contributed by atoms with Crippen LogP contribution in [0.2, 0.25) is 0 Å². The lowest BCUT2D eigenvalue weighted by molar-refractivity contribution is -0.127. The summed E-state index contributed by atoms with van der Waals surface area (Å²) < 4.78 is 2.00. The average molecular weight is 304 g/mol. The van der Waals surface area contributed by atoms with E-state index in [-0.39, 0.29) is 0 Å². The van der Waals surface area contributed by atoms with Crippen LogP contribution in [0.5, 0.6) is 0 Å². The molecular formula is C17H28N4O. The Balaban J connectivity index is 1.55. The molecule has 0 radical (unpaired) electrons. The van der Waals surface area contributed by atoms with Crippen molar-refractivity contribution in [2.75, 3.05) is 19.6 Å². The molecule has 3 rings (SSSR count). The molecule has 1 aromatic heterocycles. The number of piperidine rings is 1. The lowest BCUT2D eigenvalue weighted by atomic mass is 9.99. The number of carbonyl (C=O) groups excluding carboxylic acids is 1. The van der Waals surface area contributed by atoms with Gasteiger partial charge < -0.3 is 4.90 Å². The van der Waals surface area contributed by atoms with Crippen molar-refractivity contribution in [3.63, 3.8) is 0 Å². The summed E-state index contributed by atoms with van der Waals surface area (Å²) in [4.78, 5) is 16.4. The number of nitrogens with zero attached hydrogens (tertiary/aromatic N) is 4. The first-order valence-corrected chi connectivity index (χ1v) is 8.80. The van der Waals surface area contributed by atoms with Crippen molar-refractivity contribution in [2.24, 2.45) is 0 Å². The molecule has 2 aliphatic heterocycles. The van der Waals surface area contributed by atoms with Crippen molar-refractivity contribution in [3.8, 4) is 0 Å². The minimum absolute atomic E-state index is 0.351. The summed E-state index contributed by atoms with van der Waals surface area (Å²) in [6.45, 7) is 7.06. The minimum atomic E-state index is 0.351. The predicted molar refractivity (Wildman–Crippen MR) is 86.4 cm³/mol. The molecule has 0 bridgehead atoms. The van der Waals surface area contributed by atoms with Gasteiger partial charge in [-0.15, -0.1) is 0 Å². The predicted octanol–water partition coefficient (Wildman–Crippen LogP) is 2.27. The van der Waals surface area contributed by atoms with E-state index in [0.717, 1.165) is 52.0 Å². The summed E-state index contributed by atoms with van der Waals surface area (Å²) in [6.07, 6.45) is 8.84. The molecule has 0 spiro atoms. The number of rotatable bonds is 6. The van der Waals surface area contributed by atoms with E-state index in [0.29, 0.717) is 11.9 Å². The Kier molecular flexibility index (Phi) is 5.13. The van der Waals surface area contributed by atoms with Crippen LogP contribution >= 0.6 is 0 Å². The van der Waals surface area contributed by atoms with Crippen molar-refractivity contribution in [1.82, 2.24) is 19.6 Å². The monoisotopic (exact) mass is 304 g/mol. The molecule has 0 saturated carbocycles. The zero-order chi connectivity index (χ0) is 15.4. The maximum absolute atomic E-state index is 11.8. The molecule has 1 amide bonds. The van der Waals surface area contributed by atoms with Gasteiger partial charge in [0.05, 0.1) is 5.69 Å². The second-order valence-corrected chi connectivity index (χ2v) is 6.56. The molecule has 122 valence electrons. The summed E-state index contributed by atoms with van der Waals surface area (Å²) in [5.74, 6) is 0.351. The molecule has 0 aliphatic carbocycles. The Morgan fingerprint density at radius 3 is 2.91 bits per heavy atom. The Hall–Kier alpha value is -1.36. The Bertz CT molecular complexity index is 499. The van der Waals surface area contributed by atoms with Crippen LogP contribution in [0.4, 0.5) is 0 Å². The first-order chi connectivity index (χ1) is 10.8. The van der Waals surface area contributed by atoms with Crippen molar-refractivity contribution < 1.29 is 4.79 Å². The molecule has 2 fully saturated rings. The Labute approximate surface area is 133 Å². The molecule has 5 nitrogen and oxygen atoms in total. The van der Waals surface area contributed by atoms with E-state index in [1.165, 1.54) is 25.0 Å². The molecule has 1 aromatic rings. The lowest BCUT2D eigenvalue weighted by Crippen LogP contribution is -2.41. The van der Waals surface area contributed by atoms with Gasteiger partial charge in [-0.2, -0.15) is 5.10 Å². The maximum Gasteiger partial charge on any atom is 0.222 e. The first kappa shape index (κ1) is 15.5. The highest BCUT2D eigenvalue weighted by Crippen LogP contribution is 2.22. The Morgan fingerprint density at radius 1 is 1.27 bits per heavy atom. The van der Waals surface area contributed by atoms with Gasteiger partial charge >= 0.3 is 0 Å². The first-order valence-electron chi connectivity index (χ1n) is 8.80. The van der Waals surface area contributed by atoms with Crippen molar-refractivity contribution in [1.29, 1.82) is 0 Å². The van der Waals surface area contributed by atoms with Gasteiger partial charge in [0.2, 0.25) is 5.91 Å². The average Bonchev–Trinajstić information content (AvgIpc) is 3.15. The topological polar surface area (TPSA) is 41.4 Å². The van der Waals surface area contributed by atoms with Gasteiger partial charge in [-0.25, -0.2) is 0 Å². The second kappa shape index (κ2) is 7.27.